The van der Waals surface area contributed by atoms with Crippen molar-refractivity contribution < 1.29 is 4.74 Å². The first-order valence-corrected chi connectivity index (χ1v) is 6.79. The quantitative estimate of drug-likeness (QED) is 0.877. The van der Waals surface area contributed by atoms with E-state index in [0.29, 0.717) is 12.6 Å². The smallest absolute Gasteiger partial charge is 0.0637 e. The molecule has 2 rings (SSSR count). The molecular weight excluding hydrogens is 280 g/mol. The Kier molecular flexibility index (Phi) is 4.42. The van der Waals surface area contributed by atoms with Crippen LogP contribution in [0.3, 0.4) is 0 Å². The first kappa shape index (κ1) is 12.9. The fourth-order valence-corrected chi connectivity index (χ4v) is 2.40. The largest absolute Gasteiger partial charge is 0.383 e. The summed E-state index contributed by atoms with van der Waals surface area (Å²) in [5.41, 5.74) is 8.27. The number of anilines is 1. The molecule has 0 bridgehead atoms. The van der Waals surface area contributed by atoms with E-state index in [-0.39, 0.29) is 0 Å². The van der Waals surface area contributed by atoms with Crippen LogP contribution in [0.1, 0.15) is 18.4 Å². The van der Waals surface area contributed by atoms with Crippen molar-refractivity contribution in [3.05, 3.63) is 28.2 Å². The van der Waals surface area contributed by atoms with Gasteiger partial charge in [-0.15, -0.1) is 0 Å². The van der Waals surface area contributed by atoms with Crippen molar-refractivity contribution in [3.63, 3.8) is 0 Å². The second-order valence-corrected chi connectivity index (χ2v) is 5.31. The van der Waals surface area contributed by atoms with Crippen LogP contribution >= 0.6 is 15.9 Å². The summed E-state index contributed by atoms with van der Waals surface area (Å²) in [6.45, 7) is 2.27. The van der Waals surface area contributed by atoms with Crippen LogP contribution < -0.4 is 10.6 Å². The van der Waals surface area contributed by atoms with Gasteiger partial charge in [-0.05, 0) is 30.5 Å². The zero-order valence-electron chi connectivity index (χ0n) is 10.2. The molecule has 4 heteroatoms. The molecule has 1 aliphatic rings. The minimum absolute atomic E-state index is 0.582. The molecular formula is C13H19BrN2O. The van der Waals surface area contributed by atoms with Crippen LogP contribution in [0.25, 0.3) is 0 Å². The van der Waals surface area contributed by atoms with E-state index in [1.807, 2.05) is 6.07 Å². The molecule has 0 radical (unpaired) electrons. The molecule has 1 aromatic carbocycles. The molecule has 0 aromatic heterocycles. The Labute approximate surface area is 111 Å². The van der Waals surface area contributed by atoms with E-state index in [4.69, 9.17) is 10.5 Å². The lowest BCUT2D eigenvalue weighted by Crippen LogP contribution is -2.30. The lowest BCUT2D eigenvalue weighted by Gasteiger charge is -2.27. The van der Waals surface area contributed by atoms with Gasteiger partial charge < -0.3 is 15.4 Å². The Morgan fingerprint density at radius 1 is 1.47 bits per heavy atom. The van der Waals surface area contributed by atoms with Gasteiger partial charge in [-0.1, -0.05) is 22.0 Å². The van der Waals surface area contributed by atoms with E-state index in [1.165, 1.54) is 24.1 Å². The number of nitrogens with zero attached hydrogens (tertiary/aromatic N) is 1. The highest BCUT2D eigenvalue weighted by Crippen LogP contribution is 2.34. The van der Waals surface area contributed by atoms with Crippen molar-refractivity contribution in [2.75, 3.05) is 25.2 Å². The molecule has 0 aliphatic heterocycles. The molecule has 0 spiro atoms. The predicted molar refractivity (Wildman–Crippen MR) is 74.3 cm³/mol. The van der Waals surface area contributed by atoms with Crippen LogP contribution in [-0.2, 0) is 11.3 Å². The Balaban J connectivity index is 2.23. The maximum absolute atomic E-state index is 5.81. The fraction of sp³-hybridized carbons (Fsp3) is 0.538. The molecule has 0 heterocycles. The van der Waals surface area contributed by atoms with Gasteiger partial charge >= 0.3 is 0 Å². The summed E-state index contributed by atoms with van der Waals surface area (Å²) < 4.78 is 6.30. The van der Waals surface area contributed by atoms with Gasteiger partial charge in [0.05, 0.1) is 6.61 Å². The predicted octanol–water partition coefficient (Wildman–Crippen LogP) is 2.52. The Hall–Kier alpha value is -0.580. The molecule has 1 fully saturated rings. The van der Waals surface area contributed by atoms with Gasteiger partial charge in [-0.2, -0.15) is 0 Å². The van der Waals surface area contributed by atoms with E-state index >= 15 is 0 Å². The number of methoxy groups -OCH3 is 1. The summed E-state index contributed by atoms with van der Waals surface area (Å²) in [6, 6.07) is 6.98. The molecule has 3 nitrogen and oxygen atoms in total. The Morgan fingerprint density at radius 2 is 2.24 bits per heavy atom. The van der Waals surface area contributed by atoms with Crippen LogP contribution in [0.15, 0.2) is 22.7 Å². The van der Waals surface area contributed by atoms with Crippen LogP contribution in [0.5, 0.6) is 0 Å². The third-order valence-corrected chi connectivity index (χ3v) is 3.59. The van der Waals surface area contributed by atoms with Crippen molar-refractivity contribution in [3.8, 4) is 0 Å². The number of rotatable bonds is 6. The van der Waals surface area contributed by atoms with Crippen molar-refractivity contribution in [1.82, 2.24) is 0 Å². The number of ether oxygens (including phenoxy) is 1. The maximum Gasteiger partial charge on any atom is 0.0637 e. The minimum Gasteiger partial charge on any atom is -0.383 e. The number of halogens is 1. The molecule has 2 N–H and O–H groups in total. The molecule has 0 atom stereocenters. The molecule has 1 aliphatic carbocycles. The van der Waals surface area contributed by atoms with Crippen molar-refractivity contribution in [2.45, 2.75) is 25.4 Å². The lowest BCUT2D eigenvalue weighted by molar-refractivity contribution is 0.205. The van der Waals surface area contributed by atoms with Gasteiger partial charge in [0.15, 0.2) is 0 Å². The monoisotopic (exact) mass is 298 g/mol. The fourth-order valence-electron chi connectivity index (χ4n) is 2.05. The molecule has 0 saturated heterocycles. The highest BCUT2D eigenvalue weighted by atomic mass is 79.9. The van der Waals surface area contributed by atoms with Crippen LogP contribution in [0, 0.1) is 0 Å². The third kappa shape index (κ3) is 3.21. The van der Waals surface area contributed by atoms with Gasteiger partial charge in [0.1, 0.15) is 0 Å². The Bertz CT molecular complexity index is 380. The average molecular weight is 299 g/mol. The zero-order valence-corrected chi connectivity index (χ0v) is 11.7. The number of hydrogen-bond acceptors (Lipinski definition) is 3. The average Bonchev–Trinajstić information content (AvgIpc) is 3.14. The van der Waals surface area contributed by atoms with E-state index in [9.17, 15) is 0 Å². The highest BCUT2D eigenvalue weighted by Gasteiger charge is 2.30. The standard InChI is InChI=1S/C13H19BrN2O/c1-17-7-6-16(12-4-5-12)13-8-11(14)3-2-10(13)9-15/h2-3,8,12H,4-7,9,15H2,1H3. The van der Waals surface area contributed by atoms with Crippen molar-refractivity contribution >= 4 is 21.6 Å². The van der Waals surface area contributed by atoms with Gasteiger partial charge in [-0.3, -0.25) is 0 Å². The van der Waals surface area contributed by atoms with Crippen molar-refractivity contribution in [2.24, 2.45) is 5.73 Å². The normalized spacial score (nSPS) is 15.0. The van der Waals surface area contributed by atoms with Gasteiger partial charge in [0.2, 0.25) is 0 Å². The van der Waals surface area contributed by atoms with E-state index in [1.54, 1.807) is 7.11 Å². The topological polar surface area (TPSA) is 38.5 Å². The number of hydrogen-bond donors (Lipinski definition) is 1. The zero-order chi connectivity index (χ0) is 12.3. The summed E-state index contributed by atoms with van der Waals surface area (Å²) in [4.78, 5) is 2.43. The SMILES string of the molecule is COCCN(c1cc(Br)ccc1CN)C1CC1. The van der Waals surface area contributed by atoms with Gasteiger partial charge in [0.25, 0.3) is 0 Å². The highest BCUT2D eigenvalue weighted by molar-refractivity contribution is 9.10. The van der Waals surface area contributed by atoms with Gasteiger partial charge in [-0.25, -0.2) is 0 Å². The summed E-state index contributed by atoms with van der Waals surface area (Å²) >= 11 is 3.53. The lowest BCUT2D eigenvalue weighted by atomic mass is 10.1. The van der Waals surface area contributed by atoms with Crippen molar-refractivity contribution in [1.29, 1.82) is 0 Å². The second kappa shape index (κ2) is 5.85. The third-order valence-electron chi connectivity index (χ3n) is 3.10. The molecule has 17 heavy (non-hydrogen) atoms. The molecule has 1 aromatic rings. The van der Waals surface area contributed by atoms with Crippen LogP contribution in [0.4, 0.5) is 5.69 Å². The molecule has 94 valence electrons. The summed E-state index contributed by atoms with van der Waals surface area (Å²) in [5.74, 6) is 0. The van der Waals surface area contributed by atoms with E-state index in [2.05, 4.69) is 33.0 Å². The molecule has 1 saturated carbocycles. The minimum atomic E-state index is 0.582. The van der Waals surface area contributed by atoms with Gasteiger partial charge in [0, 0.05) is 36.4 Å². The first-order valence-electron chi connectivity index (χ1n) is 6.00. The summed E-state index contributed by atoms with van der Waals surface area (Å²) in [5, 5.41) is 0. The van der Waals surface area contributed by atoms with E-state index in [0.717, 1.165) is 17.6 Å². The second-order valence-electron chi connectivity index (χ2n) is 4.39. The number of benzene rings is 1. The first-order chi connectivity index (χ1) is 8.26. The van der Waals surface area contributed by atoms with Crippen LogP contribution in [0.2, 0.25) is 0 Å². The maximum atomic E-state index is 5.81. The number of nitrogens with two attached hydrogens (primary N) is 1. The summed E-state index contributed by atoms with van der Waals surface area (Å²) in [7, 11) is 1.75. The van der Waals surface area contributed by atoms with E-state index < -0.39 is 0 Å². The van der Waals surface area contributed by atoms with Crippen LogP contribution in [-0.4, -0.2) is 26.3 Å². The Morgan fingerprint density at radius 3 is 2.82 bits per heavy atom. The molecule has 0 unspecified atom stereocenters. The summed E-state index contributed by atoms with van der Waals surface area (Å²) in [6.07, 6.45) is 2.56. The molecule has 0 amide bonds.